The number of rotatable bonds is 1. The smallest absolute Gasteiger partial charge is 0.144 e. The van der Waals surface area contributed by atoms with Crippen LogP contribution in [0.2, 0.25) is 0 Å². The molecule has 0 aliphatic rings. The minimum absolute atomic E-state index is 0.875. The third kappa shape index (κ3) is 1.85. The first-order chi connectivity index (χ1) is 11.8. The van der Waals surface area contributed by atoms with Gasteiger partial charge < -0.3 is 4.42 Å². The van der Waals surface area contributed by atoms with E-state index in [1.807, 2.05) is 31.3 Å². The second kappa shape index (κ2) is 4.90. The Hall–Kier alpha value is -3.20. The molecule has 0 aliphatic carbocycles. The molecule has 3 heteroatoms. The first-order valence-corrected chi connectivity index (χ1v) is 7.93. The molecule has 0 amide bonds. The van der Waals surface area contributed by atoms with Crippen LogP contribution in [0.3, 0.4) is 0 Å². The van der Waals surface area contributed by atoms with Crippen LogP contribution in [0.4, 0.5) is 0 Å². The normalized spacial score (nSPS) is 11.5. The maximum atomic E-state index is 6.30. The van der Waals surface area contributed by atoms with Crippen LogP contribution in [0.15, 0.2) is 71.4 Å². The van der Waals surface area contributed by atoms with Crippen LogP contribution in [0.5, 0.6) is 0 Å². The largest absolute Gasteiger partial charge is 0.455 e. The predicted molar refractivity (Wildman–Crippen MR) is 97.0 cm³/mol. The molecule has 2 aromatic carbocycles. The van der Waals surface area contributed by atoms with Crippen LogP contribution in [-0.2, 0) is 0 Å². The Morgan fingerprint density at radius 1 is 0.750 bits per heavy atom. The average Bonchev–Trinajstić information content (AvgIpc) is 3.02. The van der Waals surface area contributed by atoms with Crippen LogP contribution in [0, 0.1) is 6.92 Å². The lowest BCUT2D eigenvalue weighted by Crippen LogP contribution is -1.84. The fraction of sp³-hybridized carbons (Fsp3) is 0.0476. The van der Waals surface area contributed by atoms with E-state index in [1.54, 1.807) is 6.20 Å². The van der Waals surface area contributed by atoms with Gasteiger partial charge in [0.05, 0.1) is 11.2 Å². The summed E-state index contributed by atoms with van der Waals surface area (Å²) in [4.78, 5) is 8.98. The molecule has 0 bridgehead atoms. The summed E-state index contributed by atoms with van der Waals surface area (Å²) in [5, 5.41) is 3.25. The van der Waals surface area contributed by atoms with Gasteiger partial charge in [0.1, 0.15) is 11.2 Å². The highest BCUT2D eigenvalue weighted by Crippen LogP contribution is 2.37. The van der Waals surface area contributed by atoms with Crippen LogP contribution in [0.1, 0.15) is 5.56 Å². The van der Waals surface area contributed by atoms with Crippen molar-refractivity contribution in [3.05, 3.63) is 72.6 Å². The summed E-state index contributed by atoms with van der Waals surface area (Å²) >= 11 is 0. The Morgan fingerprint density at radius 3 is 2.50 bits per heavy atom. The standard InChI is InChI=1S/C21H14N2O/c1-13-7-9-19(23-12-13)16-5-2-4-14-15-8-10-18-17(6-3-11-22-18)21(15)24-20(14)16/h2-12H,1H3. The van der Waals surface area contributed by atoms with Crippen molar-refractivity contribution in [2.45, 2.75) is 6.92 Å². The molecule has 0 atom stereocenters. The summed E-state index contributed by atoms with van der Waals surface area (Å²) in [5.41, 5.74) is 5.79. The molecule has 0 fully saturated rings. The second-order valence-corrected chi connectivity index (χ2v) is 6.02. The molecule has 3 aromatic heterocycles. The van der Waals surface area contributed by atoms with Gasteiger partial charge in [-0.1, -0.05) is 18.2 Å². The van der Waals surface area contributed by atoms with Crippen molar-refractivity contribution in [3.63, 3.8) is 0 Å². The third-order valence-corrected chi connectivity index (χ3v) is 4.43. The zero-order chi connectivity index (χ0) is 16.1. The van der Waals surface area contributed by atoms with E-state index < -0.39 is 0 Å². The van der Waals surface area contributed by atoms with E-state index in [0.717, 1.165) is 49.7 Å². The maximum absolute atomic E-state index is 6.30. The lowest BCUT2D eigenvalue weighted by atomic mass is 10.0. The molecule has 0 saturated heterocycles. The van der Waals surface area contributed by atoms with Crippen LogP contribution >= 0.6 is 0 Å². The van der Waals surface area contributed by atoms with Gasteiger partial charge >= 0.3 is 0 Å². The van der Waals surface area contributed by atoms with Gasteiger partial charge in [-0.2, -0.15) is 0 Å². The molecular weight excluding hydrogens is 296 g/mol. The number of fused-ring (bicyclic) bond motifs is 5. The highest BCUT2D eigenvalue weighted by molar-refractivity contribution is 6.16. The highest BCUT2D eigenvalue weighted by Gasteiger charge is 2.14. The van der Waals surface area contributed by atoms with Crippen molar-refractivity contribution < 1.29 is 4.42 Å². The summed E-state index contributed by atoms with van der Waals surface area (Å²) in [6.45, 7) is 2.04. The fourth-order valence-corrected chi connectivity index (χ4v) is 3.24. The number of aryl methyl sites for hydroxylation is 1. The Morgan fingerprint density at radius 2 is 1.62 bits per heavy atom. The average molecular weight is 310 g/mol. The Labute approximate surface area is 138 Å². The molecule has 3 heterocycles. The molecule has 0 saturated carbocycles. The van der Waals surface area contributed by atoms with Gasteiger partial charge in [0, 0.05) is 34.1 Å². The van der Waals surface area contributed by atoms with Gasteiger partial charge in [0.15, 0.2) is 0 Å². The Kier molecular flexibility index (Phi) is 2.71. The highest BCUT2D eigenvalue weighted by atomic mass is 16.3. The summed E-state index contributed by atoms with van der Waals surface area (Å²) in [7, 11) is 0. The molecule has 24 heavy (non-hydrogen) atoms. The molecular formula is C21H14N2O. The van der Waals surface area contributed by atoms with Gasteiger partial charge in [-0.15, -0.1) is 0 Å². The Balaban J connectivity index is 1.90. The number of hydrogen-bond donors (Lipinski definition) is 0. The van der Waals surface area contributed by atoms with Crippen LogP contribution in [-0.4, -0.2) is 9.97 Å². The molecule has 114 valence electrons. The first-order valence-electron chi connectivity index (χ1n) is 7.93. The van der Waals surface area contributed by atoms with Crippen LogP contribution in [0.25, 0.3) is 44.1 Å². The number of nitrogens with zero attached hydrogens (tertiary/aromatic N) is 2. The van der Waals surface area contributed by atoms with Gasteiger partial charge in [-0.05, 0) is 48.9 Å². The minimum Gasteiger partial charge on any atom is -0.455 e. The Bertz CT molecular complexity index is 1200. The molecule has 0 spiro atoms. The third-order valence-electron chi connectivity index (χ3n) is 4.43. The SMILES string of the molecule is Cc1ccc(-c2cccc3c2oc2c4cccnc4ccc32)nc1. The molecule has 3 nitrogen and oxygen atoms in total. The lowest BCUT2D eigenvalue weighted by Gasteiger charge is -2.02. The van der Waals surface area contributed by atoms with Crippen molar-refractivity contribution in [1.29, 1.82) is 0 Å². The minimum atomic E-state index is 0.875. The van der Waals surface area contributed by atoms with Gasteiger partial charge in [-0.25, -0.2) is 0 Å². The molecule has 5 rings (SSSR count). The van der Waals surface area contributed by atoms with E-state index in [0.29, 0.717) is 0 Å². The number of aromatic nitrogens is 2. The fourth-order valence-electron chi connectivity index (χ4n) is 3.24. The monoisotopic (exact) mass is 310 g/mol. The molecule has 0 N–H and O–H groups in total. The second-order valence-electron chi connectivity index (χ2n) is 6.02. The molecule has 0 radical (unpaired) electrons. The van der Waals surface area contributed by atoms with E-state index in [2.05, 4.69) is 46.4 Å². The zero-order valence-corrected chi connectivity index (χ0v) is 13.2. The summed E-state index contributed by atoms with van der Waals surface area (Å²) in [6, 6.07) is 18.5. The zero-order valence-electron chi connectivity index (χ0n) is 13.2. The van der Waals surface area contributed by atoms with Gasteiger partial charge in [0.25, 0.3) is 0 Å². The number of hydrogen-bond acceptors (Lipinski definition) is 3. The van der Waals surface area contributed by atoms with E-state index in [1.165, 1.54) is 0 Å². The summed E-state index contributed by atoms with van der Waals surface area (Å²) in [5.74, 6) is 0. The summed E-state index contributed by atoms with van der Waals surface area (Å²) in [6.07, 6.45) is 3.69. The van der Waals surface area contributed by atoms with Crippen molar-refractivity contribution in [2.75, 3.05) is 0 Å². The number of pyridine rings is 2. The maximum Gasteiger partial charge on any atom is 0.144 e. The van der Waals surface area contributed by atoms with Crippen LogP contribution < -0.4 is 0 Å². The van der Waals surface area contributed by atoms with Gasteiger partial charge in [-0.3, -0.25) is 9.97 Å². The van der Waals surface area contributed by atoms with Crippen molar-refractivity contribution in [2.24, 2.45) is 0 Å². The number of para-hydroxylation sites is 1. The predicted octanol–water partition coefficient (Wildman–Crippen LogP) is 5.50. The molecule has 5 aromatic rings. The van der Waals surface area contributed by atoms with E-state index in [-0.39, 0.29) is 0 Å². The van der Waals surface area contributed by atoms with Crippen molar-refractivity contribution in [3.8, 4) is 11.3 Å². The molecule has 0 unspecified atom stereocenters. The number of benzene rings is 2. The van der Waals surface area contributed by atoms with Crippen molar-refractivity contribution in [1.82, 2.24) is 9.97 Å². The van der Waals surface area contributed by atoms with E-state index in [9.17, 15) is 0 Å². The quantitative estimate of drug-likeness (QED) is 0.410. The topological polar surface area (TPSA) is 38.9 Å². The first kappa shape index (κ1) is 13.3. The van der Waals surface area contributed by atoms with Crippen molar-refractivity contribution >= 4 is 32.8 Å². The van der Waals surface area contributed by atoms with E-state index in [4.69, 9.17) is 4.42 Å². The van der Waals surface area contributed by atoms with E-state index >= 15 is 0 Å². The van der Waals surface area contributed by atoms with Gasteiger partial charge in [0.2, 0.25) is 0 Å². The summed E-state index contributed by atoms with van der Waals surface area (Å²) < 4.78 is 6.30. The lowest BCUT2D eigenvalue weighted by molar-refractivity contribution is 0.673. The molecule has 0 aliphatic heterocycles. The number of furan rings is 1.